The van der Waals surface area contributed by atoms with E-state index in [1.807, 2.05) is 6.92 Å². The molecular formula is C4H9Cl3. The Morgan fingerprint density at radius 3 is 1.57 bits per heavy atom. The summed E-state index contributed by atoms with van der Waals surface area (Å²) in [4.78, 5) is 0. The molecule has 0 aliphatic carbocycles. The van der Waals surface area contributed by atoms with Gasteiger partial charge in [0.15, 0.2) is 0 Å². The van der Waals surface area contributed by atoms with Crippen molar-refractivity contribution >= 4 is 35.6 Å². The molecule has 0 bridgehead atoms. The summed E-state index contributed by atoms with van der Waals surface area (Å²) in [5, 5.41) is 0. The fourth-order valence-corrected chi connectivity index (χ4v) is 0.371. The molecule has 0 aromatic carbocycles. The molecule has 0 atom stereocenters. The molecule has 0 saturated carbocycles. The Balaban J connectivity index is 0. The lowest BCUT2D eigenvalue weighted by Crippen LogP contribution is -1.94. The van der Waals surface area contributed by atoms with Crippen molar-refractivity contribution in [3.8, 4) is 0 Å². The Bertz CT molecular complexity index is 26.1. The Morgan fingerprint density at radius 2 is 1.57 bits per heavy atom. The van der Waals surface area contributed by atoms with Gasteiger partial charge < -0.3 is 0 Å². The van der Waals surface area contributed by atoms with Crippen molar-refractivity contribution in [2.24, 2.45) is 5.92 Å². The van der Waals surface area contributed by atoms with Gasteiger partial charge in [0, 0.05) is 11.8 Å². The molecule has 0 aromatic heterocycles. The molecule has 0 aliphatic heterocycles. The van der Waals surface area contributed by atoms with Gasteiger partial charge >= 0.3 is 0 Å². The first-order chi connectivity index (χ1) is 2.81. The van der Waals surface area contributed by atoms with Crippen molar-refractivity contribution in [1.29, 1.82) is 0 Å². The van der Waals surface area contributed by atoms with Gasteiger partial charge in [-0.1, -0.05) is 6.92 Å². The van der Waals surface area contributed by atoms with E-state index in [1.165, 1.54) is 0 Å². The average Bonchev–Trinajstić information content (AvgIpc) is 1.65. The molecule has 0 fully saturated rings. The van der Waals surface area contributed by atoms with Crippen LogP contribution in [0.25, 0.3) is 0 Å². The van der Waals surface area contributed by atoms with E-state index in [9.17, 15) is 0 Å². The van der Waals surface area contributed by atoms with Crippen LogP contribution >= 0.6 is 35.6 Å². The molecule has 0 nitrogen and oxygen atoms in total. The van der Waals surface area contributed by atoms with Crippen molar-refractivity contribution in [1.82, 2.24) is 0 Å². The van der Waals surface area contributed by atoms with E-state index < -0.39 is 0 Å². The van der Waals surface area contributed by atoms with Crippen molar-refractivity contribution in [3.05, 3.63) is 0 Å². The number of rotatable bonds is 2. The maximum absolute atomic E-state index is 5.37. The highest BCUT2D eigenvalue weighted by Gasteiger charge is 1.92. The van der Waals surface area contributed by atoms with Crippen LogP contribution in [0.15, 0.2) is 0 Å². The maximum atomic E-state index is 5.37. The van der Waals surface area contributed by atoms with Gasteiger partial charge in [-0.3, -0.25) is 0 Å². The highest BCUT2D eigenvalue weighted by molar-refractivity contribution is 6.20. The molecule has 0 unspecified atom stereocenters. The zero-order valence-corrected chi connectivity index (χ0v) is 6.48. The summed E-state index contributed by atoms with van der Waals surface area (Å²) in [6, 6.07) is 0. The first-order valence-corrected chi connectivity index (χ1v) is 3.00. The summed E-state index contributed by atoms with van der Waals surface area (Å²) in [6.07, 6.45) is 0. The molecule has 0 aliphatic rings. The van der Waals surface area contributed by atoms with Crippen LogP contribution in [0.3, 0.4) is 0 Å². The fourth-order valence-electron chi connectivity index (χ4n) is 0.0412. The van der Waals surface area contributed by atoms with Crippen molar-refractivity contribution in [3.63, 3.8) is 0 Å². The van der Waals surface area contributed by atoms with Gasteiger partial charge in [0.05, 0.1) is 0 Å². The minimum absolute atomic E-state index is 0. The zero-order chi connectivity index (χ0) is 4.99. The quantitative estimate of drug-likeness (QED) is 0.549. The third kappa shape index (κ3) is 6.87. The lowest BCUT2D eigenvalue weighted by atomic mass is 10.3. The SMILES string of the molecule is CC(CCl)CCl.Cl. The highest BCUT2D eigenvalue weighted by Crippen LogP contribution is 1.98. The number of alkyl halides is 2. The number of hydrogen-bond donors (Lipinski definition) is 0. The monoisotopic (exact) mass is 162 g/mol. The molecule has 0 radical (unpaired) electrons. The summed E-state index contributed by atoms with van der Waals surface area (Å²) < 4.78 is 0. The summed E-state index contributed by atoms with van der Waals surface area (Å²) >= 11 is 10.7. The molecule has 46 valence electrons. The van der Waals surface area contributed by atoms with E-state index >= 15 is 0 Å². The molecular weight excluding hydrogens is 154 g/mol. The van der Waals surface area contributed by atoms with E-state index in [1.54, 1.807) is 0 Å². The van der Waals surface area contributed by atoms with E-state index in [-0.39, 0.29) is 12.4 Å². The second-order valence-corrected chi connectivity index (χ2v) is 2.03. The topological polar surface area (TPSA) is 0 Å². The average molecular weight is 163 g/mol. The molecule has 0 heterocycles. The summed E-state index contributed by atoms with van der Waals surface area (Å²) in [6.45, 7) is 2.01. The van der Waals surface area contributed by atoms with Crippen LogP contribution in [0.1, 0.15) is 6.92 Å². The van der Waals surface area contributed by atoms with Gasteiger partial charge in [-0.2, -0.15) is 0 Å². The minimum atomic E-state index is 0. The molecule has 0 saturated heterocycles. The van der Waals surface area contributed by atoms with E-state index in [4.69, 9.17) is 23.2 Å². The van der Waals surface area contributed by atoms with Gasteiger partial charge in [0.25, 0.3) is 0 Å². The molecule has 3 heteroatoms. The van der Waals surface area contributed by atoms with Crippen LogP contribution in [-0.4, -0.2) is 11.8 Å². The lowest BCUT2D eigenvalue weighted by molar-refractivity contribution is 0.754. The Morgan fingerprint density at radius 1 is 1.29 bits per heavy atom. The van der Waals surface area contributed by atoms with Crippen molar-refractivity contribution in [2.45, 2.75) is 6.92 Å². The summed E-state index contributed by atoms with van der Waals surface area (Å²) in [5.74, 6) is 1.81. The summed E-state index contributed by atoms with van der Waals surface area (Å²) in [5.41, 5.74) is 0. The highest BCUT2D eigenvalue weighted by atomic mass is 35.5. The van der Waals surface area contributed by atoms with Gasteiger partial charge in [-0.25, -0.2) is 0 Å². The van der Waals surface area contributed by atoms with Gasteiger partial charge in [0.1, 0.15) is 0 Å². The molecule has 0 amide bonds. The maximum Gasteiger partial charge on any atom is 0.0260 e. The van der Waals surface area contributed by atoms with Crippen molar-refractivity contribution in [2.75, 3.05) is 11.8 Å². The molecule has 7 heavy (non-hydrogen) atoms. The third-order valence-electron chi connectivity index (χ3n) is 0.527. The van der Waals surface area contributed by atoms with Crippen LogP contribution in [0.5, 0.6) is 0 Å². The number of hydrogen-bond acceptors (Lipinski definition) is 0. The standard InChI is InChI=1S/C4H8Cl2.ClH/c1-4(2-5)3-6;/h4H,2-3H2,1H3;1H. The zero-order valence-electron chi connectivity index (χ0n) is 4.16. The van der Waals surface area contributed by atoms with Crippen LogP contribution in [-0.2, 0) is 0 Å². The van der Waals surface area contributed by atoms with Gasteiger partial charge in [-0.15, -0.1) is 35.6 Å². The normalized spacial score (nSPS) is 8.57. The minimum Gasteiger partial charge on any atom is -0.147 e. The number of halogens is 3. The first kappa shape index (κ1) is 10.8. The molecule has 0 rings (SSSR count). The molecule has 0 N–H and O–H groups in total. The predicted octanol–water partition coefficient (Wildman–Crippen LogP) is 2.52. The van der Waals surface area contributed by atoms with Crippen LogP contribution in [0, 0.1) is 5.92 Å². The predicted molar refractivity (Wildman–Crippen MR) is 37.9 cm³/mol. The Labute approximate surface area is 60.6 Å². The second-order valence-electron chi connectivity index (χ2n) is 1.41. The lowest BCUT2D eigenvalue weighted by Gasteiger charge is -1.95. The molecule has 0 spiro atoms. The van der Waals surface area contributed by atoms with Crippen LogP contribution < -0.4 is 0 Å². The third-order valence-corrected chi connectivity index (χ3v) is 1.58. The van der Waals surface area contributed by atoms with Crippen molar-refractivity contribution < 1.29 is 0 Å². The van der Waals surface area contributed by atoms with Crippen LogP contribution in [0.4, 0.5) is 0 Å². The first-order valence-electron chi connectivity index (χ1n) is 1.93. The second kappa shape index (κ2) is 6.87. The van der Waals surface area contributed by atoms with E-state index in [0.29, 0.717) is 17.7 Å². The van der Waals surface area contributed by atoms with Crippen LogP contribution in [0.2, 0.25) is 0 Å². The Hall–Kier alpha value is 0.870. The van der Waals surface area contributed by atoms with E-state index in [0.717, 1.165) is 0 Å². The summed E-state index contributed by atoms with van der Waals surface area (Å²) in [7, 11) is 0. The van der Waals surface area contributed by atoms with E-state index in [2.05, 4.69) is 0 Å². The largest absolute Gasteiger partial charge is 0.147 e. The smallest absolute Gasteiger partial charge is 0.0260 e. The van der Waals surface area contributed by atoms with Gasteiger partial charge in [0.2, 0.25) is 0 Å². The van der Waals surface area contributed by atoms with Gasteiger partial charge in [-0.05, 0) is 5.92 Å². The fraction of sp³-hybridized carbons (Fsp3) is 1.00. The Kier molecular flexibility index (Phi) is 10.6. The molecule has 0 aromatic rings.